The molecule has 0 radical (unpaired) electrons. The lowest BCUT2D eigenvalue weighted by Gasteiger charge is -2.23. The van der Waals surface area contributed by atoms with Gasteiger partial charge < -0.3 is 5.11 Å². The minimum Gasteiger partial charge on any atom is -0.387 e. The Morgan fingerprint density at radius 2 is 2.21 bits per heavy atom. The molecule has 0 amide bonds. The summed E-state index contributed by atoms with van der Waals surface area (Å²) in [6.45, 7) is 0. The average Bonchev–Trinajstić information content (AvgIpc) is 2.72. The zero-order chi connectivity index (χ0) is 9.80. The highest BCUT2D eigenvalue weighted by Gasteiger charge is 2.19. The maximum absolute atomic E-state index is 9.89. The van der Waals surface area contributed by atoms with Crippen molar-refractivity contribution in [3.05, 3.63) is 11.1 Å². The van der Waals surface area contributed by atoms with E-state index < -0.39 is 0 Å². The number of aliphatic hydroxyl groups is 1. The predicted octanol–water partition coefficient (Wildman–Crippen LogP) is 2.54. The predicted molar refractivity (Wildman–Crippen MR) is 56.1 cm³/mol. The molecular weight excluding hydrogens is 196 g/mol. The van der Waals surface area contributed by atoms with E-state index in [1.54, 1.807) is 6.20 Å². The first-order chi connectivity index (χ1) is 6.86. The van der Waals surface area contributed by atoms with Crippen LogP contribution in [-0.2, 0) is 0 Å². The number of aromatic nitrogens is 2. The molecule has 0 saturated heterocycles. The van der Waals surface area contributed by atoms with E-state index in [0.717, 1.165) is 11.3 Å². The molecule has 0 spiro atoms. The summed E-state index contributed by atoms with van der Waals surface area (Å²) in [5, 5.41) is 13.6. The topological polar surface area (TPSA) is 46.0 Å². The number of nitrogens with zero attached hydrogens (tertiary/aromatic N) is 2. The van der Waals surface area contributed by atoms with Crippen molar-refractivity contribution in [1.82, 2.24) is 9.59 Å². The Balaban J connectivity index is 1.84. The lowest BCUT2D eigenvalue weighted by molar-refractivity contribution is 0.134. The molecule has 2 rings (SSSR count). The lowest BCUT2D eigenvalue weighted by Crippen LogP contribution is -2.10. The number of rotatable bonds is 3. The van der Waals surface area contributed by atoms with E-state index in [2.05, 4.69) is 9.59 Å². The van der Waals surface area contributed by atoms with E-state index in [1.807, 2.05) is 0 Å². The molecule has 1 atom stereocenters. The summed E-state index contributed by atoms with van der Waals surface area (Å²) in [6.07, 6.45) is 8.83. The molecule has 1 heterocycles. The molecular formula is C10H16N2OS. The van der Waals surface area contributed by atoms with Gasteiger partial charge in [-0.2, -0.15) is 0 Å². The molecule has 0 bridgehead atoms. The van der Waals surface area contributed by atoms with Gasteiger partial charge in [0.05, 0.1) is 17.2 Å². The maximum atomic E-state index is 9.89. The highest BCUT2D eigenvalue weighted by molar-refractivity contribution is 7.05. The third-order valence-corrected chi connectivity index (χ3v) is 3.75. The second-order valence-corrected chi connectivity index (χ2v) is 4.89. The normalized spacial score (nSPS) is 20.9. The molecule has 0 aromatic carbocycles. The van der Waals surface area contributed by atoms with Crippen molar-refractivity contribution in [2.75, 3.05) is 0 Å². The van der Waals surface area contributed by atoms with Crippen molar-refractivity contribution in [2.24, 2.45) is 5.92 Å². The Hall–Kier alpha value is -0.480. The summed E-state index contributed by atoms with van der Waals surface area (Å²) in [5.41, 5.74) is 0. The fraction of sp³-hybridized carbons (Fsp3) is 0.800. The first-order valence-electron chi connectivity index (χ1n) is 5.31. The largest absolute Gasteiger partial charge is 0.387 e. The van der Waals surface area contributed by atoms with Crippen LogP contribution in [-0.4, -0.2) is 14.7 Å². The van der Waals surface area contributed by atoms with E-state index in [4.69, 9.17) is 0 Å². The zero-order valence-corrected chi connectivity index (χ0v) is 9.04. The molecule has 1 fully saturated rings. The first kappa shape index (κ1) is 10.1. The molecule has 1 aliphatic rings. The van der Waals surface area contributed by atoms with Crippen LogP contribution < -0.4 is 0 Å². The van der Waals surface area contributed by atoms with Gasteiger partial charge in [-0.25, -0.2) is 0 Å². The van der Waals surface area contributed by atoms with Crippen molar-refractivity contribution in [2.45, 2.75) is 44.6 Å². The van der Waals surface area contributed by atoms with Crippen molar-refractivity contribution >= 4 is 11.5 Å². The summed E-state index contributed by atoms with van der Waals surface area (Å²) in [5.74, 6) is 0.709. The van der Waals surface area contributed by atoms with Gasteiger partial charge >= 0.3 is 0 Å². The van der Waals surface area contributed by atoms with Crippen molar-refractivity contribution in [3.8, 4) is 0 Å². The van der Waals surface area contributed by atoms with Crippen LogP contribution in [0.1, 0.15) is 49.5 Å². The Morgan fingerprint density at radius 3 is 2.86 bits per heavy atom. The highest BCUT2D eigenvalue weighted by Crippen LogP contribution is 2.32. The van der Waals surface area contributed by atoms with Crippen molar-refractivity contribution in [3.63, 3.8) is 0 Å². The summed E-state index contributed by atoms with van der Waals surface area (Å²) in [7, 11) is 0. The van der Waals surface area contributed by atoms with Crippen LogP contribution >= 0.6 is 11.5 Å². The van der Waals surface area contributed by atoms with Gasteiger partial charge in [-0.05, 0) is 23.9 Å². The van der Waals surface area contributed by atoms with Crippen molar-refractivity contribution < 1.29 is 5.11 Å². The van der Waals surface area contributed by atoms with E-state index >= 15 is 0 Å². The van der Waals surface area contributed by atoms with E-state index in [-0.39, 0.29) is 6.10 Å². The third-order valence-electron chi connectivity index (χ3n) is 2.99. The fourth-order valence-corrected chi connectivity index (χ4v) is 2.68. The van der Waals surface area contributed by atoms with Gasteiger partial charge in [-0.15, -0.1) is 5.10 Å². The van der Waals surface area contributed by atoms with Gasteiger partial charge in [-0.3, -0.25) is 0 Å². The second kappa shape index (κ2) is 4.84. The lowest BCUT2D eigenvalue weighted by atomic mass is 9.85. The highest BCUT2D eigenvalue weighted by atomic mass is 32.1. The van der Waals surface area contributed by atoms with Crippen LogP contribution in [0.4, 0.5) is 0 Å². The van der Waals surface area contributed by atoms with Crippen molar-refractivity contribution in [1.29, 1.82) is 0 Å². The minimum atomic E-state index is -0.335. The van der Waals surface area contributed by atoms with Crippen LogP contribution in [0, 0.1) is 5.92 Å². The van der Waals surface area contributed by atoms with Gasteiger partial charge in [0.1, 0.15) is 0 Å². The number of aliphatic hydroxyl groups excluding tert-OH is 1. The summed E-state index contributed by atoms with van der Waals surface area (Å²) in [6, 6.07) is 0. The first-order valence-corrected chi connectivity index (χ1v) is 6.09. The van der Waals surface area contributed by atoms with E-state index in [9.17, 15) is 5.11 Å². The molecule has 3 nitrogen and oxygen atoms in total. The molecule has 1 unspecified atom stereocenters. The van der Waals surface area contributed by atoms with Crippen LogP contribution in [0.25, 0.3) is 0 Å². The van der Waals surface area contributed by atoms with Gasteiger partial charge in [0, 0.05) is 0 Å². The van der Waals surface area contributed by atoms with E-state index in [0.29, 0.717) is 5.92 Å². The van der Waals surface area contributed by atoms with Gasteiger partial charge in [0.25, 0.3) is 0 Å². The average molecular weight is 212 g/mol. The Bertz CT molecular complexity index is 257. The molecule has 1 aliphatic carbocycles. The molecule has 4 heteroatoms. The molecule has 1 aromatic heterocycles. The Morgan fingerprint density at radius 1 is 1.43 bits per heavy atom. The Labute approximate surface area is 88.3 Å². The molecule has 1 saturated carbocycles. The molecule has 1 N–H and O–H groups in total. The number of hydrogen-bond donors (Lipinski definition) is 1. The van der Waals surface area contributed by atoms with Gasteiger partial charge in [-0.1, -0.05) is 36.6 Å². The van der Waals surface area contributed by atoms with Crippen LogP contribution in [0.15, 0.2) is 6.20 Å². The third kappa shape index (κ3) is 2.51. The number of hydrogen-bond acceptors (Lipinski definition) is 4. The van der Waals surface area contributed by atoms with Crippen LogP contribution in [0.2, 0.25) is 0 Å². The van der Waals surface area contributed by atoms with Gasteiger partial charge in [0.15, 0.2) is 0 Å². The summed E-state index contributed by atoms with van der Waals surface area (Å²) >= 11 is 1.31. The Kier molecular flexibility index (Phi) is 3.48. The van der Waals surface area contributed by atoms with Crippen LogP contribution in [0.3, 0.4) is 0 Å². The zero-order valence-electron chi connectivity index (χ0n) is 8.22. The SMILES string of the molecule is OC(CC1CCCCC1)c1cnns1. The molecule has 0 aliphatic heterocycles. The monoisotopic (exact) mass is 212 g/mol. The quantitative estimate of drug-likeness (QED) is 0.837. The summed E-state index contributed by atoms with van der Waals surface area (Å²) in [4.78, 5) is 0.913. The van der Waals surface area contributed by atoms with Gasteiger partial charge in [0.2, 0.25) is 0 Å². The molecule has 78 valence electrons. The van der Waals surface area contributed by atoms with Crippen LogP contribution in [0.5, 0.6) is 0 Å². The summed E-state index contributed by atoms with van der Waals surface area (Å²) < 4.78 is 3.77. The smallest absolute Gasteiger partial charge is 0.0916 e. The standard InChI is InChI=1S/C10H16N2OS/c13-9(10-7-11-12-14-10)6-8-4-2-1-3-5-8/h7-9,13H,1-6H2. The maximum Gasteiger partial charge on any atom is 0.0916 e. The minimum absolute atomic E-state index is 0.335. The fourth-order valence-electron chi connectivity index (χ4n) is 2.18. The molecule has 1 aromatic rings. The molecule has 14 heavy (non-hydrogen) atoms. The second-order valence-electron chi connectivity index (χ2n) is 4.08. The van der Waals surface area contributed by atoms with E-state index in [1.165, 1.54) is 43.6 Å².